The van der Waals surface area contributed by atoms with E-state index >= 15 is 0 Å². The van der Waals surface area contributed by atoms with Gasteiger partial charge in [-0.1, -0.05) is 91.0 Å². The second-order valence-electron chi connectivity index (χ2n) is 11.3. The molecule has 1 saturated carbocycles. The number of anilines is 1. The lowest BCUT2D eigenvalue weighted by Gasteiger charge is -2.35. The highest BCUT2D eigenvalue weighted by atomic mass is 35.5. The Morgan fingerprint density at radius 3 is 2.30 bits per heavy atom. The van der Waals surface area contributed by atoms with Gasteiger partial charge < -0.3 is 10.2 Å². The number of aryl methyl sites for hydroxylation is 1. The number of hydrogen-bond donors (Lipinski definition) is 1. The first kappa shape index (κ1) is 32.8. The van der Waals surface area contributed by atoms with Crippen LogP contribution in [0.15, 0.2) is 66.7 Å². The van der Waals surface area contributed by atoms with Gasteiger partial charge in [0.25, 0.3) is 0 Å². The minimum absolute atomic E-state index is 0.00513. The van der Waals surface area contributed by atoms with E-state index in [1.807, 2.05) is 50.2 Å². The summed E-state index contributed by atoms with van der Waals surface area (Å²) in [7, 11) is -3.86. The highest BCUT2D eigenvalue weighted by Crippen LogP contribution is 2.28. The van der Waals surface area contributed by atoms with Gasteiger partial charge in [-0.05, 0) is 67.1 Å². The topological polar surface area (TPSA) is 86.8 Å². The molecule has 0 unspecified atom stereocenters. The molecule has 4 rings (SSSR count). The van der Waals surface area contributed by atoms with Crippen molar-refractivity contribution < 1.29 is 18.0 Å². The van der Waals surface area contributed by atoms with Crippen LogP contribution in [0.5, 0.6) is 0 Å². The number of rotatable bonds is 11. The zero-order valence-electron chi connectivity index (χ0n) is 24.9. The number of sulfonamides is 1. The Morgan fingerprint density at radius 1 is 0.953 bits per heavy atom. The van der Waals surface area contributed by atoms with Gasteiger partial charge >= 0.3 is 0 Å². The van der Waals surface area contributed by atoms with Gasteiger partial charge in [-0.3, -0.25) is 13.9 Å². The number of benzene rings is 3. The Balaban J connectivity index is 1.76. The van der Waals surface area contributed by atoms with Crippen molar-refractivity contribution in [2.75, 3.05) is 17.1 Å². The third kappa shape index (κ3) is 8.74. The maximum atomic E-state index is 14.4. The van der Waals surface area contributed by atoms with Gasteiger partial charge in [-0.15, -0.1) is 0 Å². The van der Waals surface area contributed by atoms with Crippen LogP contribution in [-0.4, -0.2) is 50.0 Å². The Bertz CT molecular complexity index is 1540. The smallest absolute Gasteiger partial charge is 0.244 e. The monoisotopic (exact) mass is 643 g/mol. The van der Waals surface area contributed by atoms with Crippen molar-refractivity contribution >= 4 is 50.7 Å². The number of amides is 2. The SMILES string of the molecule is Cc1cccc(N(CC(=O)N(Cc2ccc(Cl)cc2Cl)[C@H](Cc2ccccc2)C(=O)NC2CCCCC2)S(C)(=O)=O)c1C. The Hall–Kier alpha value is -3.07. The molecule has 3 aromatic rings. The molecule has 0 radical (unpaired) electrons. The van der Waals surface area contributed by atoms with Crippen LogP contribution >= 0.6 is 23.2 Å². The van der Waals surface area contributed by atoms with E-state index < -0.39 is 28.5 Å². The van der Waals surface area contributed by atoms with Crippen molar-refractivity contribution in [3.8, 4) is 0 Å². The molecule has 10 heteroatoms. The van der Waals surface area contributed by atoms with E-state index in [1.54, 1.807) is 30.3 Å². The molecule has 1 fully saturated rings. The van der Waals surface area contributed by atoms with Crippen LogP contribution in [0.2, 0.25) is 10.0 Å². The molecule has 0 spiro atoms. The molecule has 3 aromatic carbocycles. The Labute approximate surface area is 265 Å². The average molecular weight is 645 g/mol. The molecular weight excluding hydrogens is 605 g/mol. The molecular formula is C33H39Cl2N3O4S. The third-order valence-electron chi connectivity index (χ3n) is 8.10. The number of nitrogens with one attached hydrogen (secondary N) is 1. The van der Waals surface area contributed by atoms with Crippen LogP contribution in [0.4, 0.5) is 5.69 Å². The summed E-state index contributed by atoms with van der Waals surface area (Å²) in [6.45, 7) is 3.24. The quantitative estimate of drug-likeness (QED) is 0.260. The summed E-state index contributed by atoms with van der Waals surface area (Å²) in [6.07, 6.45) is 6.31. The lowest BCUT2D eigenvalue weighted by atomic mass is 9.94. The van der Waals surface area contributed by atoms with E-state index in [-0.39, 0.29) is 24.9 Å². The summed E-state index contributed by atoms with van der Waals surface area (Å²) in [5.74, 6) is -0.788. The summed E-state index contributed by atoms with van der Waals surface area (Å²) < 4.78 is 27.3. The molecule has 0 aromatic heterocycles. The number of carbonyl (C=O) groups excluding carboxylic acids is 2. The second kappa shape index (κ2) is 14.6. The molecule has 0 aliphatic heterocycles. The molecule has 0 heterocycles. The molecule has 7 nitrogen and oxygen atoms in total. The normalized spacial score (nSPS) is 14.6. The average Bonchev–Trinajstić information content (AvgIpc) is 2.96. The molecule has 230 valence electrons. The molecule has 0 bridgehead atoms. The Morgan fingerprint density at radius 2 is 1.65 bits per heavy atom. The fourth-order valence-corrected chi connectivity index (χ4v) is 6.90. The van der Waals surface area contributed by atoms with Crippen LogP contribution in [0.3, 0.4) is 0 Å². The van der Waals surface area contributed by atoms with E-state index in [4.69, 9.17) is 23.2 Å². The molecule has 43 heavy (non-hydrogen) atoms. The molecule has 0 saturated heterocycles. The second-order valence-corrected chi connectivity index (χ2v) is 14.0. The van der Waals surface area contributed by atoms with Gasteiger partial charge in [-0.2, -0.15) is 0 Å². The molecule has 1 N–H and O–H groups in total. The number of halogens is 2. The summed E-state index contributed by atoms with van der Waals surface area (Å²) in [6, 6.07) is 19.0. The minimum Gasteiger partial charge on any atom is -0.352 e. The largest absolute Gasteiger partial charge is 0.352 e. The predicted molar refractivity (Wildman–Crippen MR) is 174 cm³/mol. The van der Waals surface area contributed by atoms with Crippen LogP contribution in [-0.2, 0) is 32.6 Å². The van der Waals surface area contributed by atoms with E-state index in [0.717, 1.165) is 59.4 Å². The first-order valence-electron chi connectivity index (χ1n) is 14.6. The van der Waals surface area contributed by atoms with Gasteiger partial charge in [-0.25, -0.2) is 8.42 Å². The number of hydrogen-bond acceptors (Lipinski definition) is 4. The van der Waals surface area contributed by atoms with Gasteiger partial charge in [0.05, 0.1) is 11.9 Å². The summed E-state index contributed by atoms with van der Waals surface area (Å²) >= 11 is 12.7. The highest BCUT2D eigenvalue weighted by molar-refractivity contribution is 7.92. The zero-order valence-corrected chi connectivity index (χ0v) is 27.2. The maximum absolute atomic E-state index is 14.4. The first-order chi connectivity index (χ1) is 20.4. The highest BCUT2D eigenvalue weighted by Gasteiger charge is 2.34. The van der Waals surface area contributed by atoms with Crippen molar-refractivity contribution in [1.82, 2.24) is 10.2 Å². The number of nitrogens with zero attached hydrogens (tertiary/aromatic N) is 2. The third-order valence-corrected chi connectivity index (χ3v) is 9.82. The minimum atomic E-state index is -3.86. The fraction of sp³-hybridized carbons (Fsp3) is 0.394. The molecule has 1 atom stereocenters. The summed E-state index contributed by atoms with van der Waals surface area (Å²) in [5, 5.41) is 3.99. The van der Waals surface area contributed by atoms with E-state index in [2.05, 4.69) is 5.32 Å². The predicted octanol–water partition coefficient (Wildman–Crippen LogP) is 6.47. The van der Waals surface area contributed by atoms with Crippen LogP contribution in [0, 0.1) is 13.8 Å². The Kier molecular flexibility index (Phi) is 11.2. The van der Waals surface area contributed by atoms with Crippen molar-refractivity contribution in [3.63, 3.8) is 0 Å². The van der Waals surface area contributed by atoms with Crippen LogP contribution in [0.25, 0.3) is 0 Å². The fourth-order valence-electron chi connectivity index (χ4n) is 5.53. The zero-order chi connectivity index (χ0) is 31.1. The van der Waals surface area contributed by atoms with Gasteiger partial charge in [0, 0.05) is 29.1 Å². The summed E-state index contributed by atoms with van der Waals surface area (Å²) in [4.78, 5) is 29.9. The van der Waals surface area contributed by atoms with E-state index in [0.29, 0.717) is 21.3 Å². The van der Waals surface area contributed by atoms with Gasteiger partial charge in [0.1, 0.15) is 12.6 Å². The standard InChI is InChI=1S/C33H39Cl2N3O4S/c1-23-11-10-16-30(24(23)2)38(43(3,41)42)22-32(39)37(21-26-17-18-27(34)20-29(26)35)31(19-25-12-6-4-7-13-25)33(40)36-28-14-8-5-9-15-28/h4,6-7,10-13,16-18,20,28,31H,5,8-9,14-15,19,21-22H2,1-3H3,(H,36,40)/t31-/m1/s1. The molecule has 1 aliphatic carbocycles. The van der Waals surface area contributed by atoms with Crippen molar-refractivity contribution in [2.24, 2.45) is 0 Å². The van der Waals surface area contributed by atoms with Gasteiger partial charge in [0.2, 0.25) is 21.8 Å². The van der Waals surface area contributed by atoms with Gasteiger partial charge in [0.15, 0.2) is 0 Å². The van der Waals surface area contributed by atoms with Crippen molar-refractivity contribution in [2.45, 2.75) is 71.0 Å². The van der Waals surface area contributed by atoms with E-state index in [1.165, 1.54) is 4.90 Å². The van der Waals surface area contributed by atoms with Crippen molar-refractivity contribution in [1.29, 1.82) is 0 Å². The van der Waals surface area contributed by atoms with Crippen molar-refractivity contribution in [3.05, 3.63) is 99.0 Å². The summed E-state index contributed by atoms with van der Waals surface area (Å²) in [5.41, 5.74) is 3.55. The first-order valence-corrected chi connectivity index (χ1v) is 17.2. The maximum Gasteiger partial charge on any atom is 0.244 e. The van der Waals surface area contributed by atoms with E-state index in [9.17, 15) is 18.0 Å². The van der Waals surface area contributed by atoms with Crippen LogP contribution in [0.1, 0.15) is 54.4 Å². The molecule has 2 amide bonds. The lowest BCUT2D eigenvalue weighted by molar-refractivity contribution is -0.140. The lowest BCUT2D eigenvalue weighted by Crippen LogP contribution is -2.55. The van der Waals surface area contributed by atoms with Crippen LogP contribution < -0.4 is 9.62 Å². The molecule has 1 aliphatic rings. The number of carbonyl (C=O) groups is 2.